The van der Waals surface area contributed by atoms with E-state index in [0.29, 0.717) is 11.8 Å². The maximum absolute atomic E-state index is 12.1. The van der Waals surface area contributed by atoms with Crippen molar-refractivity contribution in [3.8, 4) is 0 Å². The average Bonchev–Trinajstić information content (AvgIpc) is 2.51. The lowest BCUT2D eigenvalue weighted by atomic mass is 9.99. The summed E-state index contributed by atoms with van der Waals surface area (Å²) in [5.74, 6) is 0.739. The Labute approximate surface area is 128 Å². The monoisotopic (exact) mass is 310 g/mol. The fourth-order valence-electron chi connectivity index (χ4n) is 1.97. The summed E-state index contributed by atoms with van der Waals surface area (Å²) in [5.41, 5.74) is 1.15. The van der Waals surface area contributed by atoms with E-state index in [-0.39, 0.29) is 4.90 Å². The number of nitrogens with one attached hydrogen (secondary N) is 1. The van der Waals surface area contributed by atoms with Crippen LogP contribution in [0.4, 0.5) is 0 Å². The van der Waals surface area contributed by atoms with E-state index in [2.05, 4.69) is 37.6 Å². The molecule has 0 saturated heterocycles. The first kappa shape index (κ1) is 17.7. The molecule has 0 heterocycles. The molecule has 1 aromatic carbocycles. The zero-order chi connectivity index (χ0) is 15.9. The molecule has 21 heavy (non-hydrogen) atoms. The quantitative estimate of drug-likeness (QED) is 0.585. The number of hydrogen-bond donors (Lipinski definition) is 1. The van der Waals surface area contributed by atoms with E-state index in [9.17, 15) is 8.42 Å². The highest BCUT2D eigenvalue weighted by atomic mass is 32.2. The van der Waals surface area contributed by atoms with Crippen LogP contribution in [0.15, 0.2) is 34.3 Å². The van der Waals surface area contributed by atoms with Gasteiger partial charge in [0.1, 0.15) is 0 Å². The van der Waals surface area contributed by atoms with Gasteiger partial charge in [0.15, 0.2) is 0 Å². The van der Waals surface area contributed by atoms with E-state index in [1.54, 1.807) is 18.3 Å². The molecule has 5 heteroatoms. The van der Waals surface area contributed by atoms with Gasteiger partial charge >= 0.3 is 0 Å². The predicted molar refractivity (Wildman–Crippen MR) is 88.0 cm³/mol. The van der Waals surface area contributed by atoms with Gasteiger partial charge in [-0.3, -0.25) is 0 Å². The van der Waals surface area contributed by atoms with Crippen LogP contribution in [0, 0.1) is 5.92 Å². The number of rotatable bonds is 8. The van der Waals surface area contributed by atoms with Crippen molar-refractivity contribution in [3.63, 3.8) is 0 Å². The summed E-state index contributed by atoms with van der Waals surface area (Å²) in [7, 11) is -3.57. The van der Waals surface area contributed by atoms with E-state index in [0.717, 1.165) is 24.8 Å². The summed E-state index contributed by atoms with van der Waals surface area (Å²) >= 11 is 0. The second-order valence-electron chi connectivity index (χ2n) is 5.33. The lowest BCUT2D eigenvalue weighted by molar-refractivity contribution is 0.583. The third-order valence-electron chi connectivity index (χ3n) is 3.88. The zero-order valence-electron chi connectivity index (χ0n) is 13.3. The average molecular weight is 310 g/mol. The minimum atomic E-state index is -3.57. The zero-order valence-corrected chi connectivity index (χ0v) is 14.2. The number of nitrogens with zero attached hydrogens (tertiary/aromatic N) is 1. The molecule has 118 valence electrons. The van der Waals surface area contributed by atoms with Crippen LogP contribution in [-0.4, -0.2) is 14.6 Å². The van der Waals surface area contributed by atoms with Gasteiger partial charge in [-0.15, -0.1) is 0 Å². The summed E-state index contributed by atoms with van der Waals surface area (Å²) < 4.78 is 24.2. The highest BCUT2D eigenvalue weighted by Crippen LogP contribution is 2.20. The maximum atomic E-state index is 12.1. The van der Waals surface area contributed by atoms with E-state index >= 15 is 0 Å². The third-order valence-corrected chi connectivity index (χ3v) is 5.12. The van der Waals surface area contributed by atoms with Crippen molar-refractivity contribution in [1.29, 1.82) is 0 Å². The Kier molecular flexibility index (Phi) is 6.89. The molecule has 0 bridgehead atoms. The van der Waals surface area contributed by atoms with Gasteiger partial charge in [-0.1, -0.05) is 39.8 Å². The third kappa shape index (κ3) is 5.16. The number of benzene rings is 1. The first-order chi connectivity index (χ1) is 9.94. The van der Waals surface area contributed by atoms with E-state index < -0.39 is 10.0 Å². The molecule has 0 saturated carbocycles. The van der Waals surface area contributed by atoms with Gasteiger partial charge in [0.2, 0.25) is 0 Å². The molecule has 0 aliphatic carbocycles. The molecule has 1 N–H and O–H groups in total. The molecule has 4 nitrogen and oxygen atoms in total. The number of hydrazone groups is 1. The van der Waals surface area contributed by atoms with Crippen molar-refractivity contribution in [2.24, 2.45) is 11.0 Å². The van der Waals surface area contributed by atoms with Crippen LogP contribution in [-0.2, 0) is 10.0 Å². The van der Waals surface area contributed by atoms with Gasteiger partial charge in [0.25, 0.3) is 10.0 Å². The molecular formula is C16H26N2O2S. The van der Waals surface area contributed by atoms with Crippen molar-refractivity contribution < 1.29 is 8.42 Å². The molecule has 0 amide bonds. The molecule has 1 aromatic rings. The second kappa shape index (κ2) is 8.17. The van der Waals surface area contributed by atoms with Crippen molar-refractivity contribution in [2.75, 3.05) is 0 Å². The van der Waals surface area contributed by atoms with E-state index in [1.165, 1.54) is 0 Å². The normalized spacial score (nSPS) is 13.8. The largest absolute Gasteiger partial charge is 0.276 e. The van der Waals surface area contributed by atoms with Crippen LogP contribution in [0.1, 0.15) is 58.4 Å². The fourth-order valence-corrected chi connectivity index (χ4v) is 2.77. The molecule has 0 aliphatic heterocycles. The fraction of sp³-hybridized carbons (Fsp3) is 0.562. The van der Waals surface area contributed by atoms with Crippen molar-refractivity contribution >= 4 is 16.2 Å². The van der Waals surface area contributed by atoms with Crippen LogP contribution in [0.25, 0.3) is 0 Å². The minimum Gasteiger partial charge on any atom is -0.200 e. The topological polar surface area (TPSA) is 58.5 Å². The van der Waals surface area contributed by atoms with Crippen LogP contribution >= 0.6 is 0 Å². The molecule has 0 aromatic heterocycles. The standard InChI is InChI=1S/C16H26N2O2S/c1-5-13(4)15-8-10-16(11-9-15)21(19,20)18-17-12-14(6-2)7-3/h8-14,18H,5-7H2,1-4H3/b17-12+. The Balaban J connectivity index is 2.79. The van der Waals surface area contributed by atoms with Crippen molar-refractivity contribution in [3.05, 3.63) is 29.8 Å². The Morgan fingerprint density at radius 3 is 2.14 bits per heavy atom. The van der Waals surface area contributed by atoms with Gasteiger partial charge in [0.05, 0.1) is 4.90 Å². The summed E-state index contributed by atoms with van der Waals surface area (Å²) in [5, 5.41) is 3.87. The van der Waals surface area contributed by atoms with Gasteiger partial charge in [-0.25, -0.2) is 4.83 Å². The summed E-state index contributed by atoms with van der Waals surface area (Å²) in [6.45, 7) is 8.36. The molecule has 0 aliphatic rings. The molecule has 1 rings (SSSR count). The molecule has 0 fully saturated rings. The minimum absolute atomic E-state index is 0.247. The summed E-state index contributed by atoms with van der Waals surface area (Å²) in [6.07, 6.45) is 4.60. The Hall–Kier alpha value is -1.36. The molecule has 0 spiro atoms. The summed E-state index contributed by atoms with van der Waals surface area (Å²) in [4.78, 5) is 2.53. The molecule has 1 unspecified atom stereocenters. The predicted octanol–water partition coefficient (Wildman–Crippen LogP) is 3.90. The van der Waals surface area contributed by atoms with Crippen LogP contribution in [0.5, 0.6) is 0 Å². The Morgan fingerprint density at radius 1 is 1.10 bits per heavy atom. The highest BCUT2D eigenvalue weighted by molar-refractivity contribution is 7.89. The number of sulfonamides is 1. The maximum Gasteiger partial charge on any atom is 0.276 e. The molecule has 1 atom stereocenters. The smallest absolute Gasteiger partial charge is 0.200 e. The van der Waals surface area contributed by atoms with E-state index in [1.807, 2.05) is 12.1 Å². The number of hydrogen-bond acceptors (Lipinski definition) is 3. The SMILES string of the molecule is CCC(/C=N/NS(=O)(=O)c1ccc(C(C)CC)cc1)CC. The van der Waals surface area contributed by atoms with Gasteiger partial charge < -0.3 is 0 Å². The molecule has 0 radical (unpaired) electrons. The lowest BCUT2D eigenvalue weighted by Crippen LogP contribution is -2.19. The summed E-state index contributed by atoms with van der Waals surface area (Å²) in [6, 6.07) is 7.01. The van der Waals surface area contributed by atoms with Crippen molar-refractivity contribution in [1.82, 2.24) is 4.83 Å². The lowest BCUT2D eigenvalue weighted by Gasteiger charge is -2.10. The van der Waals surface area contributed by atoms with Gasteiger partial charge in [-0.05, 0) is 48.8 Å². The first-order valence-electron chi connectivity index (χ1n) is 7.59. The Morgan fingerprint density at radius 2 is 1.67 bits per heavy atom. The molecular weight excluding hydrogens is 284 g/mol. The van der Waals surface area contributed by atoms with Gasteiger partial charge in [-0.2, -0.15) is 13.5 Å². The highest BCUT2D eigenvalue weighted by Gasteiger charge is 2.13. The van der Waals surface area contributed by atoms with Crippen molar-refractivity contribution in [2.45, 2.75) is 57.8 Å². The Bertz CT molecular complexity index is 546. The van der Waals surface area contributed by atoms with Crippen LogP contribution in [0.3, 0.4) is 0 Å². The van der Waals surface area contributed by atoms with E-state index in [4.69, 9.17) is 0 Å². The first-order valence-corrected chi connectivity index (χ1v) is 9.07. The van der Waals surface area contributed by atoms with Gasteiger partial charge in [0, 0.05) is 6.21 Å². The van der Waals surface area contributed by atoms with Crippen LogP contribution in [0.2, 0.25) is 0 Å². The van der Waals surface area contributed by atoms with Crippen LogP contribution < -0.4 is 4.83 Å². The second-order valence-corrected chi connectivity index (χ2v) is 6.99.